The summed E-state index contributed by atoms with van der Waals surface area (Å²) in [4.78, 5) is 31.7. The number of nitrogens with zero attached hydrogens (tertiary/aromatic N) is 2. The van der Waals surface area contributed by atoms with Gasteiger partial charge in [-0.25, -0.2) is 4.98 Å². The van der Waals surface area contributed by atoms with Crippen molar-refractivity contribution in [1.29, 1.82) is 0 Å². The van der Waals surface area contributed by atoms with Crippen molar-refractivity contribution in [2.75, 3.05) is 16.8 Å². The minimum Gasteiger partial charge on any atom is -0.368 e. The molecule has 4 rings (SSSR count). The summed E-state index contributed by atoms with van der Waals surface area (Å²) in [6.45, 7) is 0.998. The molecule has 0 radical (unpaired) electrons. The van der Waals surface area contributed by atoms with Crippen molar-refractivity contribution in [1.82, 2.24) is 4.98 Å². The van der Waals surface area contributed by atoms with E-state index in [1.807, 2.05) is 48.5 Å². The Bertz CT molecular complexity index is 1000. The minimum atomic E-state index is -0.424. The summed E-state index contributed by atoms with van der Waals surface area (Å²) in [7, 11) is 0. The number of pyridine rings is 1. The molecule has 1 aliphatic heterocycles. The van der Waals surface area contributed by atoms with Crippen LogP contribution in [0.4, 0.5) is 11.5 Å². The lowest BCUT2D eigenvalue weighted by molar-refractivity contribution is -0.124. The van der Waals surface area contributed by atoms with Gasteiger partial charge < -0.3 is 10.1 Å². The highest BCUT2D eigenvalue weighted by Gasteiger charge is 2.24. The Hall–Kier alpha value is -3.51. The highest BCUT2D eigenvalue weighted by atomic mass is 16.5. The third kappa shape index (κ3) is 4.72. The van der Waals surface area contributed by atoms with Crippen LogP contribution in [0.1, 0.15) is 28.8 Å². The fourth-order valence-electron chi connectivity index (χ4n) is 3.43. The molecule has 1 aromatic heterocycles. The molecule has 1 aliphatic rings. The lowest BCUT2D eigenvalue weighted by atomic mass is 10.1. The van der Waals surface area contributed by atoms with E-state index < -0.39 is 6.10 Å². The summed E-state index contributed by atoms with van der Waals surface area (Å²) in [5.41, 5.74) is 2.04. The SMILES string of the molecule is O=C(Nc1cccc(C(=O)N(Cc2ccccc2)c2ccccn2)c1)[C@H]1CCCO1. The highest BCUT2D eigenvalue weighted by molar-refractivity contribution is 6.06. The average molecular weight is 401 g/mol. The van der Waals surface area contributed by atoms with Crippen molar-refractivity contribution in [3.8, 4) is 0 Å². The molecule has 0 spiro atoms. The Labute approximate surface area is 175 Å². The van der Waals surface area contributed by atoms with Gasteiger partial charge in [-0.05, 0) is 48.7 Å². The maximum Gasteiger partial charge on any atom is 0.259 e. The normalized spacial score (nSPS) is 15.5. The van der Waals surface area contributed by atoms with Crippen molar-refractivity contribution < 1.29 is 14.3 Å². The molecule has 152 valence electrons. The number of amides is 2. The molecule has 0 saturated carbocycles. The zero-order valence-electron chi connectivity index (χ0n) is 16.5. The summed E-state index contributed by atoms with van der Waals surface area (Å²) >= 11 is 0. The smallest absolute Gasteiger partial charge is 0.259 e. The van der Waals surface area contributed by atoms with Crippen LogP contribution in [0.3, 0.4) is 0 Å². The first kappa shape index (κ1) is 19.8. The highest BCUT2D eigenvalue weighted by Crippen LogP contribution is 2.21. The minimum absolute atomic E-state index is 0.178. The molecule has 1 saturated heterocycles. The van der Waals surface area contributed by atoms with Gasteiger partial charge >= 0.3 is 0 Å². The molecular formula is C24H23N3O3. The number of hydrogen-bond acceptors (Lipinski definition) is 4. The topological polar surface area (TPSA) is 71.5 Å². The van der Waals surface area contributed by atoms with Gasteiger partial charge in [-0.1, -0.05) is 42.5 Å². The van der Waals surface area contributed by atoms with E-state index in [1.165, 1.54) is 0 Å². The third-order valence-electron chi connectivity index (χ3n) is 4.95. The number of anilines is 2. The van der Waals surface area contributed by atoms with E-state index in [-0.39, 0.29) is 11.8 Å². The van der Waals surface area contributed by atoms with Crippen LogP contribution in [0.2, 0.25) is 0 Å². The fourth-order valence-corrected chi connectivity index (χ4v) is 3.43. The summed E-state index contributed by atoms with van der Waals surface area (Å²) in [5.74, 6) is 0.203. The maximum absolute atomic E-state index is 13.4. The first-order chi connectivity index (χ1) is 14.7. The van der Waals surface area contributed by atoms with Crippen molar-refractivity contribution in [2.45, 2.75) is 25.5 Å². The van der Waals surface area contributed by atoms with Gasteiger partial charge in [0.15, 0.2) is 0 Å². The number of carbonyl (C=O) groups excluding carboxylic acids is 2. The number of carbonyl (C=O) groups is 2. The molecule has 2 heterocycles. The van der Waals surface area contributed by atoms with Crippen LogP contribution in [0.15, 0.2) is 79.0 Å². The van der Waals surface area contributed by atoms with E-state index in [2.05, 4.69) is 10.3 Å². The molecule has 1 N–H and O–H groups in total. The van der Waals surface area contributed by atoms with E-state index in [0.717, 1.165) is 18.4 Å². The summed E-state index contributed by atoms with van der Waals surface area (Å²) < 4.78 is 5.43. The largest absolute Gasteiger partial charge is 0.368 e. The Morgan fingerprint density at radius 3 is 2.60 bits per heavy atom. The van der Waals surface area contributed by atoms with Gasteiger partial charge in [0.2, 0.25) is 0 Å². The number of rotatable bonds is 6. The Balaban J connectivity index is 1.57. The molecule has 1 fully saturated rings. The summed E-state index contributed by atoms with van der Waals surface area (Å²) in [6.07, 6.45) is 2.84. The third-order valence-corrected chi connectivity index (χ3v) is 4.95. The van der Waals surface area contributed by atoms with Crippen LogP contribution in [0.5, 0.6) is 0 Å². The standard InChI is InChI=1S/C24H23N3O3/c28-23(21-12-7-15-30-21)26-20-11-6-10-19(16-20)24(29)27(22-13-4-5-14-25-22)17-18-8-2-1-3-9-18/h1-6,8-11,13-14,16,21H,7,12,15,17H2,(H,26,28)/t21-/m1/s1. The Morgan fingerprint density at radius 1 is 1.03 bits per heavy atom. The van der Waals surface area contributed by atoms with Crippen molar-refractivity contribution >= 4 is 23.3 Å². The first-order valence-electron chi connectivity index (χ1n) is 10.00. The van der Waals surface area contributed by atoms with Gasteiger partial charge in [0.1, 0.15) is 11.9 Å². The molecule has 0 aliphatic carbocycles. The molecule has 0 bridgehead atoms. The van der Waals surface area contributed by atoms with E-state index >= 15 is 0 Å². The molecule has 0 unspecified atom stereocenters. The second-order valence-electron chi connectivity index (χ2n) is 7.14. The second kappa shape index (κ2) is 9.33. The van der Waals surface area contributed by atoms with Crippen LogP contribution in [-0.2, 0) is 16.1 Å². The monoisotopic (exact) mass is 401 g/mol. The van der Waals surface area contributed by atoms with Gasteiger partial charge in [0, 0.05) is 24.1 Å². The molecular weight excluding hydrogens is 378 g/mol. The summed E-state index contributed by atoms with van der Waals surface area (Å²) in [5, 5.41) is 2.86. The van der Waals surface area contributed by atoms with Crippen molar-refractivity contribution in [2.24, 2.45) is 0 Å². The molecule has 30 heavy (non-hydrogen) atoms. The number of ether oxygens (including phenoxy) is 1. The Kier molecular flexibility index (Phi) is 6.15. The zero-order valence-corrected chi connectivity index (χ0v) is 16.5. The number of aromatic nitrogens is 1. The number of nitrogens with one attached hydrogen (secondary N) is 1. The predicted molar refractivity (Wildman–Crippen MR) is 115 cm³/mol. The van der Waals surface area contributed by atoms with E-state index in [0.29, 0.717) is 30.2 Å². The molecule has 2 aromatic carbocycles. The van der Waals surface area contributed by atoms with Gasteiger partial charge in [-0.15, -0.1) is 0 Å². The number of hydrogen-bond donors (Lipinski definition) is 1. The lowest BCUT2D eigenvalue weighted by Gasteiger charge is -2.22. The molecule has 6 nitrogen and oxygen atoms in total. The average Bonchev–Trinajstić information content (AvgIpc) is 3.34. The quantitative estimate of drug-likeness (QED) is 0.677. The van der Waals surface area contributed by atoms with Gasteiger partial charge in [-0.3, -0.25) is 14.5 Å². The summed E-state index contributed by atoms with van der Waals surface area (Å²) in [6, 6.07) is 22.2. The van der Waals surface area contributed by atoms with Crippen molar-refractivity contribution in [3.05, 3.63) is 90.1 Å². The second-order valence-corrected chi connectivity index (χ2v) is 7.14. The van der Waals surface area contributed by atoms with Crippen molar-refractivity contribution in [3.63, 3.8) is 0 Å². The van der Waals surface area contributed by atoms with Gasteiger partial charge in [0.25, 0.3) is 11.8 Å². The van der Waals surface area contributed by atoms with Gasteiger partial charge in [-0.2, -0.15) is 0 Å². The maximum atomic E-state index is 13.4. The molecule has 1 atom stereocenters. The fraction of sp³-hybridized carbons (Fsp3) is 0.208. The molecule has 6 heteroatoms. The lowest BCUT2D eigenvalue weighted by Crippen LogP contribution is -2.31. The van der Waals surface area contributed by atoms with Gasteiger partial charge in [0.05, 0.1) is 6.54 Å². The zero-order chi connectivity index (χ0) is 20.8. The van der Waals surface area contributed by atoms with E-state index in [1.54, 1.807) is 35.4 Å². The molecule has 3 aromatic rings. The molecule has 2 amide bonds. The van der Waals surface area contributed by atoms with Crippen LogP contribution in [0.25, 0.3) is 0 Å². The van der Waals surface area contributed by atoms with E-state index in [4.69, 9.17) is 4.74 Å². The van der Waals surface area contributed by atoms with Crippen LogP contribution in [-0.4, -0.2) is 29.5 Å². The van der Waals surface area contributed by atoms with Crippen LogP contribution >= 0.6 is 0 Å². The predicted octanol–water partition coefficient (Wildman–Crippen LogP) is 4.05. The van der Waals surface area contributed by atoms with Crippen LogP contribution < -0.4 is 10.2 Å². The Morgan fingerprint density at radius 2 is 1.87 bits per heavy atom. The van der Waals surface area contributed by atoms with Crippen LogP contribution in [0, 0.1) is 0 Å². The number of benzene rings is 2. The van der Waals surface area contributed by atoms with E-state index in [9.17, 15) is 9.59 Å². The first-order valence-corrected chi connectivity index (χ1v) is 10.00.